The molecule has 0 radical (unpaired) electrons. The van der Waals surface area contributed by atoms with Crippen molar-refractivity contribution in [3.8, 4) is 5.69 Å². The first-order valence-corrected chi connectivity index (χ1v) is 7.81. The largest absolute Gasteiger partial charge is 0.337 e. The Labute approximate surface area is 141 Å². The van der Waals surface area contributed by atoms with Crippen LogP contribution >= 0.6 is 0 Å². The van der Waals surface area contributed by atoms with Crippen LogP contribution in [0.15, 0.2) is 42.9 Å². The molecule has 2 heterocycles. The third-order valence-corrected chi connectivity index (χ3v) is 4.11. The predicted molar refractivity (Wildman–Crippen MR) is 92.0 cm³/mol. The third-order valence-electron chi connectivity index (χ3n) is 4.11. The van der Waals surface area contributed by atoms with Gasteiger partial charge in [-0.15, -0.1) is 0 Å². The summed E-state index contributed by atoms with van der Waals surface area (Å²) >= 11 is 0. The molecule has 1 aromatic carbocycles. The standard InChI is InChI=1S/C18H21N5O/c1-13-7-5-6-8-17(13)23-14(2)16(10-20-23)18(24)21(3)11-15-9-19-22(4)12-15/h5-10,12H,11H2,1-4H3. The Hall–Kier alpha value is -2.89. The maximum Gasteiger partial charge on any atom is 0.257 e. The van der Waals surface area contributed by atoms with E-state index in [1.165, 1.54) is 0 Å². The molecule has 124 valence electrons. The van der Waals surface area contributed by atoms with Crippen LogP contribution in [0, 0.1) is 13.8 Å². The van der Waals surface area contributed by atoms with E-state index in [0.29, 0.717) is 12.1 Å². The minimum absolute atomic E-state index is 0.0452. The fourth-order valence-electron chi connectivity index (χ4n) is 2.77. The Bertz CT molecular complexity index is 877. The SMILES string of the molecule is Cc1ccccc1-n1ncc(C(=O)N(C)Cc2cnn(C)c2)c1C. The lowest BCUT2D eigenvalue weighted by atomic mass is 10.2. The molecule has 0 unspecified atom stereocenters. The third kappa shape index (κ3) is 2.95. The summed E-state index contributed by atoms with van der Waals surface area (Å²) in [6, 6.07) is 8.00. The average Bonchev–Trinajstić information content (AvgIpc) is 3.13. The molecule has 0 fully saturated rings. The number of benzene rings is 1. The number of aryl methyl sites for hydroxylation is 2. The minimum Gasteiger partial charge on any atom is -0.337 e. The lowest BCUT2D eigenvalue weighted by Crippen LogP contribution is -2.26. The van der Waals surface area contributed by atoms with Crippen molar-refractivity contribution in [3.63, 3.8) is 0 Å². The number of hydrogen-bond acceptors (Lipinski definition) is 3. The van der Waals surface area contributed by atoms with Crippen LogP contribution < -0.4 is 0 Å². The van der Waals surface area contributed by atoms with E-state index in [9.17, 15) is 4.79 Å². The van der Waals surface area contributed by atoms with Crippen LogP contribution in [-0.2, 0) is 13.6 Å². The zero-order chi connectivity index (χ0) is 17.3. The second kappa shape index (κ2) is 6.31. The van der Waals surface area contributed by atoms with Crippen LogP contribution in [0.2, 0.25) is 0 Å². The summed E-state index contributed by atoms with van der Waals surface area (Å²) < 4.78 is 3.55. The Balaban J connectivity index is 1.85. The van der Waals surface area contributed by atoms with Crippen molar-refractivity contribution in [1.82, 2.24) is 24.5 Å². The van der Waals surface area contributed by atoms with Gasteiger partial charge in [0.15, 0.2) is 0 Å². The lowest BCUT2D eigenvalue weighted by molar-refractivity contribution is 0.0784. The summed E-state index contributed by atoms with van der Waals surface area (Å²) in [5.41, 5.74) is 4.56. The molecule has 3 rings (SSSR count). The molecule has 0 bridgehead atoms. The van der Waals surface area contributed by atoms with Gasteiger partial charge < -0.3 is 4.90 Å². The molecular formula is C18H21N5O. The fraction of sp³-hybridized carbons (Fsp3) is 0.278. The molecule has 0 saturated heterocycles. The zero-order valence-corrected chi connectivity index (χ0v) is 14.4. The maximum atomic E-state index is 12.8. The van der Waals surface area contributed by atoms with Gasteiger partial charge in [-0.25, -0.2) is 4.68 Å². The van der Waals surface area contributed by atoms with Crippen molar-refractivity contribution in [2.75, 3.05) is 7.05 Å². The molecule has 6 heteroatoms. The van der Waals surface area contributed by atoms with Gasteiger partial charge in [0.2, 0.25) is 0 Å². The lowest BCUT2D eigenvalue weighted by Gasteiger charge is -2.16. The molecule has 0 spiro atoms. The van der Waals surface area contributed by atoms with Crippen molar-refractivity contribution in [3.05, 3.63) is 65.2 Å². The number of amides is 1. The van der Waals surface area contributed by atoms with Gasteiger partial charge in [0, 0.05) is 32.4 Å². The number of carbonyl (C=O) groups is 1. The number of rotatable bonds is 4. The van der Waals surface area contributed by atoms with Gasteiger partial charge in [-0.05, 0) is 25.5 Å². The maximum absolute atomic E-state index is 12.8. The van der Waals surface area contributed by atoms with Crippen LogP contribution in [0.25, 0.3) is 5.69 Å². The Morgan fingerprint density at radius 2 is 1.92 bits per heavy atom. The average molecular weight is 323 g/mol. The Morgan fingerprint density at radius 1 is 1.17 bits per heavy atom. The molecule has 6 nitrogen and oxygen atoms in total. The van der Waals surface area contributed by atoms with Gasteiger partial charge in [-0.2, -0.15) is 10.2 Å². The van der Waals surface area contributed by atoms with Crippen LogP contribution in [0.4, 0.5) is 0 Å². The summed E-state index contributed by atoms with van der Waals surface area (Å²) in [5, 5.41) is 8.55. The normalized spacial score (nSPS) is 10.8. The minimum atomic E-state index is -0.0452. The van der Waals surface area contributed by atoms with E-state index in [0.717, 1.165) is 22.5 Å². The van der Waals surface area contributed by atoms with Crippen LogP contribution in [0.5, 0.6) is 0 Å². The van der Waals surface area contributed by atoms with Crippen molar-refractivity contribution in [2.24, 2.45) is 7.05 Å². The number of nitrogens with zero attached hydrogens (tertiary/aromatic N) is 5. The summed E-state index contributed by atoms with van der Waals surface area (Å²) in [6.07, 6.45) is 5.32. The van der Waals surface area contributed by atoms with Gasteiger partial charge in [0.05, 0.1) is 29.3 Å². The highest BCUT2D eigenvalue weighted by Gasteiger charge is 2.19. The smallest absolute Gasteiger partial charge is 0.257 e. The molecule has 1 amide bonds. The van der Waals surface area contributed by atoms with E-state index >= 15 is 0 Å². The highest BCUT2D eigenvalue weighted by Crippen LogP contribution is 2.19. The molecule has 0 N–H and O–H groups in total. The Kier molecular flexibility index (Phi) is 4.20. The molecular weight excluding hydrogens is 302 g/mol. The van der Waals surface area contributed by atoms with Crippen molar-refractivity contribution < 1.29 is 4.79 Å². The number of carbonyl (C=O) groups excluding carboxylic acids is 1. The second-order valence-corrected chi connectivity index (χ2v) is 6.03. The quantitative estimate of drug-likeness (QED) is 0.741. The summed E-state index contributed by atoms with van der Waals surface area (Å²) in [5.74, 6) is -0.0452. The molecule has 24 heavy (non-hydrogen) atoms. The van der Waals surface area contributed by atoms with E-state index in [4.69, 9.17) is 0 Å². The van der Waals surface area contributed by atoms with Crippen molar-refractivity contribution >= 4 is 5.91 Å². The van der Waals surface area contributed by atoms with Gasteiger partial charge >= 0.3 is 0 Å². The molecule has 2 aromatic heterocycles. The summed E-state index contributed by atoms with van der Waals surface area (Å²) in [4.78, 5) is 14.4. The van der Waals surface area contributed by atoms with E-state index < -0.39 is 0 Å². The number of para-hydroxylation sites is 1. The molecule has 0 aliphatic carbocycles. The van der Waals surface area contributed by atoms with Gasteiger partial charge in [0.1, 0.15) is 0 Å². The monoisotopic (exact) mass is 323 g/mol. The van der Waals surface area contributed by atoms with Crippen LogP contribution in [0.1, 0.15) is 27.2 Å². The molecule has 0 aliphatic rings. The predicted octanol–water partition coefficient (Wildman–Crippen LogP) is 2.49. The van der Waals surface area contributed by atoms with E-state index in [1.807, 2.05) is 56.0 Å². The van der Waals surface area contributed by atoms with Gasteiger partial charge in [-0.1, -0.05) is 18.2 Å². The first-order valence-electron chi connectivity index (χ1n) is 7.81. The van der Waals surface area contributed by atoms with Crippen LogP contribution in [0.3, 0.4) is 0 Å². The topological polar surface area (TPSA) is 56.0 Å². The molecule has 0 saturated carbocycles. The van der Waals surface area contributed by atoms with Gasteiger partial charge in [0.25, 0.3) is 5.91 Å². The molecule has 0 aliphatic heterocycles. The van der Waals surface area contributed by atoms with Gasteiger partial charge in [-0.3, -0.25) is 9.48 Å². The van der Waals surface area contributed by atoms with Crippen molar-refractivity contribution in [1.29, 1.82) is 0 Å². The van der Waals surface area contributed by atoms with E-state index in [2.05, 4.69) is 10.2 Å². The number of aromatic nitrogens is 4. The highest BCUT2D eigenvalue weighted by atomic mass is 16.2. The first-order chi connectivity index (χ1) is 11.5. The summed E-state index contributed by atoms with van der Waals surface area (Å²) in [7, 11) is 3.65. The van der Waals surface area contributed by atoms with Crippen LogP contribution in [-0.4, -0.2) is 37.4 Å². The zero-order valence-electron chi connectivity index (χ0n) is 14.4. The summed E-state index contributed by atoms with van der Waals surface area (Å²) in [6.45, 7) is 4.47. The first kappa shape index (κ1) is 16.0. The second-order valence-electron chi connectivity index (χ2n) is 6.03. The number of hydrogen-bond donors (Lipinski definition) is 0. The highest BCUT2D eigenvalue weighted by molar-refractivity contribution is 5.95. The molecule has 0 atom stereocenters. The Morgan fingerprint density at radius 3 is 2.58 bits per heavy atom. The van der Waals surface area contributed by atoms with E-state index in [1.54, 1.807) is 29.0 Å². The van der Waals surface area contributed by atoms with Crippen molar-refractivity contribution in [2.45, 2.75) is 20.4 Å². The fourth-order valence-corrected chi connectivity index (χ4v) is 2.77. The molecule has 3 aromatic rings. The van der Waals surface area contributed by atoms with E-state index in [-0.39, 0.29) is 5.91 Å².